The highest BCUT2D eigenvalue weighted by molar-refractivity contribution is 5.87. The predicted molar refractivity (Wildman–Crippen MR) is 200 cm³/mol. The number of aliphatic hydroxyl groups excluding tert-OH is 5. The summed E-state index contributed by atoms with van der Waals surface area (Å²) in [7, 11) is 0. The molecule has 5 N–H and O–H groups in total. The first-order chi connectivity index (χ1) is 25.0. The van der Waals surface area contributed by atoms with E-state index in [1.165, 1.54) is 12.5 Å². The molecule has 0 radical (unpaired) electrons. The van der Waals surface area contributed by atoms with Crippen molar-refractivity contribution in [3.63, 3.8) is 0 Å². The molecule has 1 saturated heterocycles. The molecule has 306 valence electrons. The average molecular weight is 761 g/mol. The van der Waals surface area contributed by atoms with Gasteiger partial charge >= 0.3 is 11.9 Å². The zero-order chi connectivity index (χ0) is 40.1. The molecule has 11 heteroatoms. The molecule has 0 unspecified atom stereocenters. The van der Waals surface area contributed by atoms with E-state index in [0.29, 0.717) is 30.3 Å². The van der Waals surface area contributed by atoms with Gasteiger partial charge in [0.2, 0.25) is 0 Å². The first-order valence-electron chi connectivity index (χ1n) is 20.3. The summed E-state index contributed by atoms with van der Waals surface area (Å²) >= 11 is 0. The molecule has 54 heavy (non-hydrogen) atoms. The van der Waals surface area contributed by atoms with Crippen LogP contribution >= 0.6 is 0 Å². The molecule has 11 nitrogen and oxygen atoms in total. The molecule has 1 aliphatic heterocycles. The monoisotopic (exact) mass is 760 g/mol. The van der Waals surface area contributed by atoms with Gasteiger partial charge in [-0.1, -0.05) is 66.2 Å². The Hall–Kier alpha value is -1.86. The summed E-state index contributed by atoms with van der Waals surface area (Å²) in [5, 5.41) is 57.9. The number of hydrogen-bond donors (Lipinski definition) is 5. The van der Waals surface area contributed by atoms with Crippen LogP contribution in [0.15, 0.2) is 23.3 Å². The first kappa shape index (κ1) is 41.8. The first-order valence-corrected chi connectivity index (χ1v) is 20.3. The van der Waals surface area contributed by atoms with Crippen LogP contribution in [0.25, 0.3) is 0 Å². The van der Waals surface area contributed by atoms with E-state index in [2.05, 4.69) is 40.7 Å². The number of fused-ring (bicyclic) bond motifs is 7. The molecule has 0 aromatic rings. The van der Waals surface area contributed by atoms with Crippen LogP contribution in [0, 0.1) is 50.2 Å². The molecule has 5 aliphatic carbocycles. The lowest BCUT2D eigenvalue weighted by Gasteiger charge is -2.72. The Morgan fingerprint density at radius 2 is 1.56 bits per heavy atom. The minimum atomic E-state index is -1.62. The molecule has 6 rings (SSSR count). The topological polar surface area (TPSA) is 172 Å². The van der Waals surface area contributed by atoms with E-state index in [1.54, 1.807) is 26.8 Å². The number of rotatable bonds is 6. The van der Waals surface area contributed by atoms with Crippen LogP contribution < -0.4 is 0 Å². The van der Waals surface area contributed by atoms with Gasteiger partial charge in [0.1, 0.15) is 24.4 Å². The normalized spacial score (nSPS) is 49.6. The van der Waals surface area contributed by atoms with Gasteiger partial charge < -0.3 is 44.5 Å². The van der Waals surface area contributed by atoms with Gasteiger partial charge in [0.25, 0.3) is 0 Å². The fraction of sp³-hybridized carbons (Fsp3) is 0.860. The fourth-order valence-electron chi connectivity index (χ4n) is 13.2. The maximum atomic E-state index is 13.0. The second kappa shape index (κ2) is 13.9. The highest BCUT2D eigenvalue weighted by Crippen LogP contribution is 2.76. The van der Waals surface area contributed by atoms with Crippen molar-refractivity contribution in [1.29, 1.82) is 0 Å². The Balaban J connectivity index is 1.36. The van der Waals surface area contributed by atoms with Crippen molar-refractivity contribution in [1.82, 2.24) is 0 Å². The van der Waals surface area contributed by atoms with E-state index >= 15 is 0 Å². The second-order valence-corrected chi connectivity index (χ2v) is 20.0. The zero-order valence-corrected chi connectivity index (χ0v) is 34.4. The summed E-state index contributed by atoms with van der Waals surface area (Å²) in [6, 6.07) is 0. The number of aliphatic hydroxyl groups is 5. The van der Waals surface area contributed by atoms with Gasteiger partial charge in [-0.2, -0.15) is 0 Å². The van der Waals surface area contributed by atoms with Crippen molar-refractivity contribution >= 4 is 11.9 Å². The van der Waals surface area contributed by atoms with Crippen molar-refractivity contribution in [2.75, 3.05) is 6.61 Å². The average Bonchev–Trinajstić information content (AvgIpc) is 3.08. The lowest BCUT2D eigenvalue weighted by molar-refractivity contribution is -0.342. The van der Waals surface area contributed by atoms with Crippen LogP contribution in [0.3, 0.4) is 0 Å². The summed E-state index contributed by atoms with van der Waals surface area (Å²) < 4.78 is 24.4. The molecular formula is C43H68O11. The van der Waals surface area contributed by atoms with E-state index < -0.39 is 83.8 Å². The number of esters is 2. The second-order valence-electron chi connectivity index (χ2n) is 20.0. The molecule has 6 aliphatic rings. The summed E-state index contributed by atoms with van der Waals surface area (Å²) in [5.41, 5.74) is -1.31. The van der Waals surface area contributed by atoms with Crippen LogP contribution in [0.2, 0.25) is 0 Å². The van der Waals surface area contributed by atoms with Gasteiger partial charge in [-0.15, -0.1) is 0 Å². The number of carbonyl (C=O) groups excluding carboxylic acids is 2. The van der Waals surface area contributed by atoms with Crippen LogP contribution in [0.5, 0.6) is 0 Å². The quantitative estimate of drug-likeness (QED) is 0.107. The van der Waals surface area contributed by atoms with Crippen LogP contribution in [0.4, 0.5) is 0 Å². The summed E-state index contributed by atoms with van der Waals surface area (Å²) in [5.74, 6) is -0.890. The minimum Gasteiger partial charge on any atom is -0.459 e. The van der Waals surface area contributed by atoms with Gasteiger partial charge in [-0.25, -0.2) is 4.79 Å². The molecule has 0 aromatic carbocycles. The Morgan fingerprint density at radius 1 is 0.889 bits per heavy atom. The predicted octanol–water partition coefficient (Wildman–Crippen LogP) is 4.99. The van der Waals surface area contributed by atoms with Crippen LogP contribution in [-0.2, 0) is 28.5 Å². The minimum absolute atomic E-state index is 0.00762. The maximum Gasteiger partial charge on any atom is 0.333 e. The highest BCUT2D eigenvalue weighted by Gasteiger charge is 2.73. The third kappa shape index (κ3) is 5.91. The molecule has 1 heterocycles. The zero-order valence-electron chi connectivity index (χ0n) is 34.4. The number of carbonyl (C=O) groups is 2. The Labute approximate surface area is 321 Å². The smallest absolute Gasteiger partial charge is 0.333 e. The third-order valence-electron chi connectivity index (χ3n) is 16.7. The lowest BCUT2D eigenvalue weighted by atomic mass is 9.33. The maximum absolute atomic E-state index is 13.0. The standard InChI is InChI=1S/C43H68O11/c1-12-22(2)36(50)53-33-23(3)51-37(32(49)31(33)48)54-34-35(52-24(4)45)43(21-44)26(19-38(34,5)6)25-13-14-28-40(9)17-16-29(46)39(7,8)27(40)15-18-41(28,10)42(25,11)20-30(43)47/h12-13,23,26-35,37,44,46-49H,14-21H2,1-11H3/b22-12+/t23-,26+,27+,28-,29+,30-,31-,32-,33+,34+,35+,37+,40+,41-,42-,43+/m1/s1. The van der Waals surface area contributed by atoms with E-state index in [4.69, 9.17) is 18.9 Å². The number of allylic oxidation sites excluding steroid dienone is 3. The Morgan fingerprint density at radius 3 is 2.17 bits per heavy atom. The fourth-order valence-corrected chi connectivity index (χ4v) is 13.2. The van der Waals surface area contributed by atoms with E-state index in [1.807, 2.05) is 13.8 Å². The van der Waals surface area contributed by atoms with Crippen molar-refractivity contribution in [3.05, 3.63) is 23.3 Å². The van der Waals surface area contributed by atoms with Crippen molar-refractivity contribution in [3.8, 4) is 0 Å². The van der Waals surface area contributed by atoms with Gasteiger partial charge in [0.05, 0.1) is 30.3 Å². The molecule has 0 amide bonds. The molecular weight excluding hydrogens is 692 g/mol. The SMILES string of the molecule is C/C=C(\C)C(=O)O[C@@H]1[C@H](O)[C@@H](O)[C@H](O[C@H]2[C@H](OC(C)=O)[C@]3(CO)[C@H](O)C[C@]4(C)C(=CC[C@@H]5[C@@]6(C)CC[C@H](O)C(C)(C)[C@@H]6CC[C@]54C)[C@@H]3CC2(C)C)O[C@@H]1C. The van der Waals surface area contributed by atoms with Gasteiger partial charge in [0, 0.05) is 12.5 Å². The summed E-state index contributed by atoms with van der Waals surface area (Å²) in [6.45, 7) is 21.3. The van der Waals surface area contributed by atoms with Crippen molar-refractivity contribution in [2.45, 2.75) is 176 Å². The largest absolute Gasteiger partial charge is 0.459 e. The molecule has 0 spiro atoms. The summed E-state index contributed by atoms with van der Waals surface area (Å²) in [4.78, 5) is 25.5. The molecule has 0 aromatic heterocycles. The Kier molecular flexibility index (Phi) is 10.8. The van der Waals surface area contributed by atoms with Crippen LogP contribution in [-0.4, -0.2) is 99.2 Å². The lowest BCUT2D eigenvalue weighted by Crippen LogP contribution is -2.73. The molecule has 5 fully saturated rings. The van der Waals surface area contributed by atoms with Gasteiger partial charge in [0.15, 0.2) is 12.4 Å². The van der Waals surface area contributed by atoms with Gasteiger partial charge in [-0.05, 0) is 111 Å². The van der Waals surface area contributed by atoms with Crippen molar-refractivity contribution < 1.29 is 54.1 Å². The van der Waals surface area contributed by atoms with E-state index in [0.717, 1.165) is 32.1 Å². The molecule has 16 atom stereocenters. The van der Waals surface area contributed by atoms with E-state index in [-0.39, 0.29) is 28.3 Å². The summed E-state index contributed by atoms with van der Waals surface area (Å²) in [6.07, 6.45) is -0.755. The Bertz CT molecular complexity index is 1540. The number of ether oxygens (including phenoxy) is 4. The third-order valence-corrected chi connectivity index (χ3v) is 16.7. The molecule has 4 saturated carbocycles. The van der Waals surface area contributed by atoms with Crippen molar-refractivity contribution in [2.24, 2.45) is 50.2 Å². The highest BCUT2D eigenvalue weighted by atomic mass is 16.7. The van der Waals surface area contributed by atoms with E-state index in [9.17, 15) is 35.1 Å². The van der Waals surface area contributed by atoms with Crippen LogP contribution in [0.1, 0.15) is 121 Å². The van der Waals surface area contributed by atoms with Gasteiger partial charge in [-0.3, -0.25) is 4.79 Å². The number of hydrogen-bond acceptors (Lipinski definition) is 11. The molecule has 0 bridgehead atoms.